The number of carbonyl (C=O) groups excluding carboxylic acids is 1. The molecule has 1 aliphatic heterocycles. The van der Waals surface area contributed by atoms with Crippen LogP contribution in [0.3, 0.4) is 0 Å². The number of anilines is 1. The molecule has 3 nitrogen and oxygen atoms in total. The van der Waals surface area contributed by atoms with E-state index in [9.17, 15) is 4.79 Å². The molecule has 1 aromatic rings. The van der Waals surface area contributed by atoms with Gasteiger partial charge in [-0.05, 0) is 53.1 Å². The van der Waals surface area contributed by atoms with E-state index in [4.69, 9.17) is 16.3 Å². The molecule has 1 aromatic carbocycles. The van der Waals surface area contributed by atoms with Crippen molar-refractivity contribution in [2.45, 2.75) is 19.4 Å². The van der Waals surface area contributed by atoms with E-state index in [2.05, 4.69) is 27.9 Å². The second-order valence-corrected chi connectivity index (χ2v) is 5.82. The van der Waals surface area contributed by atoms with Gasteiger partial charge in [0.2, 0.25) is 0 Å². The van der Waals surface area contributed by atoms with Crippen LogP contribution in [0.1, 0.15) is 13.3 Å². The number of hydrogen-bond donors (Lipinski definition) is 1. The first kappa shape index (κ1) is 13.1. The molecule has 0 saturated carbocycles. The summed E-state index contributed by atoms with van der Waals surface area (Å²) in [5, 5.41) is 3.36. The minimum absolute atomic E-state index is 0.113. The predicted octanol–water partition coefficient (Wildman–Crippen LogP) is 3.31. The third-order valence-electron chi connectivity index (χ3n) is 2.83. The molecule has 1 N–H and O–H groups in total. The van der Waals surface area contributed by atoms with Crippen LogP contribution in [0.4, 0.5) is 5.69 Å². The van der Waals surface area contributed by atoms with Crippen molar-refractivity contribution in [3.05, 3.63) is 26.8 Å². The van der Waals surface area contributed by atoms with E-state index in [0.29, 0.717) is 17.3 Å². The standard InChI is InChI=1S/C12H13ClINO2/c1-7-4-5-17-11(7)12(16)15-10-3-2-8(14)6-9(10)13/h2-3,6-7,11H,4-5H2,1H3,(H,15,16). The Morgan fingerprint density at radius 3 is 2.94 bits per heavy atom. The third kappa shape index (κ3) is 3.11. The van der Waals surface area contributed by atoms with Gasteiger partial charge in [-0.15, -0.1) is 0 Å². The van der Waals surface area contributed by atoms with Crippen LogP contribution in [0.25, 0.3) is 0 Å². The van der Waals surface area contributed by atoms with E-state index in [1.165, 1.54) is 0 Å². The van der Waals surface area contributed by atoms with Gasteiger partial charge in [0, 0.05) is 10.2 Å². The van der Waals surface area contributed by atoms with Crippen molar-refractivity contribution in [1.29, 1.82) is 0 Å². The lowest BCUT2D eigenvalue weighted by molar-refractivity contribution is -0.126. The Hall–Kier alpha value is -0.330. The van der Waals surface area contributed by atoms with Gasteiger partial charge < -0.3 is 10.1 Å². The van der Waals surface area contributed by atoms with Crippen LogP contribution in [0.15, 0.2) is 18.2 Å². The minimum atomic E-state index is -0.356. The number of amides is 1. The molecule has 0 spiro atoms. The lowest BCUT2D eigenvalue weighted by Crippen LogP contribution is -2.31. The highest BCUT2D eigenvalue weighted by molar-refractivity contribution is 14.1. The van der Waals surface area contributed by atoms with Crippen molar-refractivity contribution < 1.29 is 9.53 Å². The van der Waals surface area contributed by atoms with E-state index < -0.39 is 0 Å². The summed E-state index contributed by atoms with van der Waals surface area (Å²) in [6.45, 7) is 2.67. The topological polar surface area (TPSA) is 38.3 Å². The van der Waals surface area contributed by atoms with E-state index in [-0.39, 0.29) is 17.9 Å². The summed E-state index contributed by atoms with van der Waals surface area (Å²) < 4.78 is 6.44. The zero-order valence-electron chi connectivity index (χ0n) is 9.37. The number of benzene rings is 1. The fourth-order valence-corrected chi connectivity index (χ4v) is 2.73. The predicted molar refractivity (Wildman–Crippen MR) is 76.3 cm³/mol. The summed E-state index contributed by atoms with van der Waals surface area (Å²) in [4.78, 5) is 12.0. The summed E-state index contributed by atoms with van der Waals surface area (Å²) >= 11 is 8.23. The number of nitrogens with one attached hydrogen (secondary N) is 1. The van der Waals surface area contributed by atoms with Crippen molar-refractivity contribution in [2.24, 2.45) is 5.92 Å². The average molecular weight is 366 g/mol. The summed E-state index contributed by atoms with van der Waals surface area (Å²) in [5.74, 6) is 0.149. The molecule has 2 rings (SSSR count). The Morgan fingerprint density at radius 1 is 1.59 bits per heavy atom. The van der Waals surface area contributed by atoms with E-state index in [1.54, 1.807) is 0 Å². The van der Waals surface area contributed by atoms with Crippen molar-refractivity contribution >= 4 is 45.8 Å². The Labute approximate surface area is 119 Å². The summed E-state index contributed by atoms with van der Waals surface area (Å²) in [7, 11) is 0. The van der Waals surface area contributed by atoms with Gasteiger partial charge in [-0.2, -0.15) is 0 Å². The van der Waals surface area contributed by atoms with Crippen LogP contribution in [-0.4, -0.2) is 18.6 Å². The number of hydrogen-bond acceptors (Lipinski definition) is 2. The second-order valence-electron chi connectivity index (χ2n) is 4.17. The van der Waals surface area contributed by atoms with E-state index in [0.717, 1.165) is 9.99 Å². The van der Waals surface area contributed by atoms with Gasteiger partial charge in [-0.25, -0.2) is 0 Å². The van der Waals surface area contributed by atoms with E-state index in [1.807, 2.05) is 25.1 Å². The lowest BCUT2D eigenvalue weighted by atomic mass is 10.0. The highest BCUT2D eigenvalue weighted by Crippen LogP contribution is 2.26. The molecular formula is C12H13ClINO2. The van der Waals surface area contributed by atoms with Gasteiger partial charge in [0.25, 0.3) is 5.91 Å². The fourth-order valence-electron chi connectivity index (χ4n) is 1.83. The third-order valence-corrected chi connectivity index (χ3v) is 3.82. The molecule has 0 radical (unpaired) electrons. The van der Waals surface area contributed by atoms with Gasteiger partial charge in [-0.1, -0.05) is 18.5 Å². The molecule has 1 heterocycles. The first-order chi connectivity index (χ1) is 8.08. The largest absolute Gasteiger partial charge is 0.368 e. The van der Waals surface area contributed by atoms with Crippen LogP contribution in [0.5, 0.6) is 0 Å². The Morgan fingerprint density at radius 2 is 2.35 bits per heavy atom. The van der Waals surface area contributed by atoms with Gasteiger partial charge >= 0.3 is 0 Å². The van der Waals surface area contributed by atoms with Gasteiger partial charge in [-0.3, -0.25) is 4.79 Å². The van der Waals surface area contributed by atoms with Crippen LogP contribution in [-0.2, 0) is 9.53 Å². The highest BCUT2D eigenvalue weighted by atomic mass is 127. The Kier molecular flexibility index (Phi) is 4.27. The maximum atomic E-state index is 12.0. The first-order valence-corrected chi connectivity index (χ1v) is 6.91. The van der Waals surface area contributed by atoms with Gasteiger partial charge in [0.15, 0.2) is 0 Å². The monoisotopic (exact) mass is 365 g/mol. The van der Waals surface area contributed by atoms with Crippen molar-refractivity contribution in [2.75, 3.05) is 11.9 Å². The van der Waals surface area contributed by atoms with Gasteiger partial charge in [0.1, 0.15) is 6.10 Å². The summed E-state index contributed by atoms with van der Waals surface area (Å²) in [5.41, 5.74) is 0.639. The molecule has 0 bridgehead atoms. The lowest BCUT2D eigenvalue weighted by Gasteiger charge is -2.15. The molecule has 1 saturated heterocycles. The molecule has 2 atom stereocenters. The first-order valence-electron chi connectivity index (χ1n) is 5.45. The number of rotatable bonds is 2. The van der Waals surface area contributed by atoms with Crippen molar-refractivity contribution in [3.8, 4) is 0 Å². The van der Waals surface area contributed by atoms with Crippen LogP contribution >= 0.6 is 34.2 Å². The molecular weight excluding hydrogens is 352 g/mol. The quantitative estimate of drug-likeness (QED) is 0.817. The zero-order chi connectivity index (χ0) is 12.4. The zero-order valence-corrected chi connectivity index (χ0v) is 12.3. The molecule has 0 aromatic heterocycles. The fraction of sp³-hybridized carbons (Fsp3) is 0.417. The SMILES string of the molecule is CC1CCOC1C(=O)Nc1ccc(I)cc1Cl. The summed E-state index contributed by atoms with van der Waals surface area (Å²) in [6, 6.07) is 5.53. The number of halogens is 2. The Bertz CT molecular complexity index is 439. The minimum Gasteiger partial charge on any atom is -0.368 e. The maximum absolute atomic E-state index is 12.0. The second kappa shape index (κ2) is 5.54. The normalized spacial score (nSPS) is 23.7. The number of carbonyl (C=O) groups is 1. The molecule has 0 aliphatic carbocycles. The van der Waals surface area contributed by atoms with Crippen molar-refractivity contribution in [3.63, 3.8) is 0 Å². The summed E-state index contributed by atoms with van der Waals surface area (Å²) in [6.07, 6.45) is 0.573. The van der Waals surface area contributed by atoms with E-state index >= 15 is 0 Å². The van der Waals surface area contributed by atoms with Crippen LogP contribution < -0.4 is 5.32 Å². The average Bonchev–Trinajstić information content (AvgIpc) is 2.68. The number of ether oxygens (including phenoxy) is 1. The smallest absolute Gasteiger partial charge is 0.253 e. The van der Waals surface area contributed by atoms with Crippen LogP contribution in [0, 0.1) is 9.49 Å². The highest BCUT2D eigenvalue weighted by Gasteiger charge is 2.31. The van der Waals surface area contributed by atoms with Crippen LogP contribution in [0.2, 0.25) is 5.02 Å². The Balaban J connectivity index is 2.07. The molecule has 5 heteroatoms. The van der Waals surface area contributed by atoms with Gasteiger partial charge in [0.05, 0.1) is 10.7 Å². The molecule has 1 aliphatic rings. The molecule has 92 valence electrons. The molecule has 1 fully saturated rings. The molecule has 2 unspecified atom stereocenters. The maximum Gasteiger partial charge on any atom is 0.253 e. The molecule has 1 amide bonds. The molecule has 17 heavy (non-hydrogen) atoms. The van der Waals surface area contributed by atoms with Crippen molar-refractivity contribution in [1.82, 2.24) is 0 Å².